The molecule has 4 heteroatoms. The van der Waals surface area contributed by atoms with Gasteiger partial charge in [-0.1, -0.05) is 6.07 Å². The van der Waals surface area contributed by atoms with E-state index in [4.69, 9.17) is 4.74 Å². The monoisotopic (exact) mass is 241 g/mol. The summed E-state index contributed by atoms with van der Waals surface area (Å²) in [6.07, 6.45) is 2.55. The molecule has 0 radical (unpaired) electrons. The zero-order chi connectivity index (χ0) is 11.3. The largest absolute Gasteiger partial charge is 0.387 e. The Bertz CT molecular complexity index is 294. The zero-order valence-corrected chi connectivity index (χ0v) is 10.3. The Morgan fingerprint density at radius 1 is 1.44 bits per heavy atom. The predicted octanol–water partition coefficient (Wildman–Crippen LogP) is 1.42. The Labute approximate surface area is 100 Å². The number of rotatable bonds is 5. The minimum Gasteiger partial charge on any atom is -0.387 e. The van der Waals surface area contributed by atoms with E-state index in [9.17, 15) is 5.11 Å². The molecule has 2 heterocycles. The maximum atomic E-state index is 10.2. The first-order valence-electron chi connectivity index (χ1n) is 5.82. The number of hydrogen-bond donors (Lipinski definition) is 2. The molecule has 0 spiro atoms. The maximum absolute atomic E-state index is 10.2. The summed E-state index contributed by atoms with van der Waals surface area (Å²) in [6, 6.07) is 4.17. The standard InChI is InChI=1S/C12H19NO2S/c14-12(4-6-13-7-5-12)10-15-8-3-11-2-1-9-16-11/h1-2,9,13-14H,3-8,10H2. The number of ether oxygens (including phenoxy) is 1. The van der Waals surface area contributed by atoms with E-state index >= 15 is 0 Å². The van der Waals surface area contributed by atoms with Crippen LogP contribution in [0.25, 0.3) is 0 Å². The van der Waals surface area contributed by atoms with Gasteiger partial charge in [-0.15, -0.1) is 11.3 Å². The van der Waals surface area contributed by atoms with Crippen LogP contribution in [0.2, 0.25) is 0 Å². The second kappa shape index (κ2) is 5.77. The third-order valence-electron chi connectivity index (χ3n) is 2.98. The van der Waals surface area contributed by atoms with Crippen molar-refractivity contribution >= 4 is 11.3 Å². The molecular weight excluding hydrogens is 222 g/mol. The van der Waals surface area contributed by atoms with Crippen molar-refractivity contribution in [2.24, 2.45) is 0 Å². The van der Waals surface area contributed by atoms with Crippen molar-refractivity contribution in [3.63, 3.8) is 0 Å². The lowest BCUT2D eigenvalue weighted by atomic mass is 9.94. The van der Waals surface area contributed by atoms with E-state index in [1.807, 2.05) is 0 Å². The molecule has 0 aliphatic carbocycles. The van der Waals surface area contributed by atoms with Crippen molar-refractivity contribution in [3.8, 4) is 0 Å². The van der Waals surface area contributed by atoms with Crippen molar-refractivity contribution < 1.29 is 9.84 Å². The van der Waals surface area contributed by atoms with Crippen LogP contribution in [0.5, 0.6) is 0 Å². The lowest BCUT2D eigenvalue weighted by molar-refractivity contribution is -0.0634. The first-order chi connectivity index (χ1) is 7.79. The van der Waals surface area contributed by atoms with E-state index < -0.39 is 5.60 Å². The summed E-state index contributed by atoms with van der Waals surface area (Å²) in [5, 5.41) is 15.5. The van der Waals surface area contributed by atoms with Gasteiger partial charge in [-0.05, 0) is 37.4 Å². The van der Waals surface area contributed by atoms with Crippen LogP contribution in [0.15, 0.2) is 17.5 Å². The van der Waals surface area contributed by atoms with Gasteiger partial charge in [-0.3, -0.25) is 0 Å². The quantitative estimate of drug-likeness (QED) is 0.766. The Balaban J connectivity index is 1.63. The molecule has 1 fully saturated rings. The molecule has 1 aromatic heterocycles. The Morgan fingerprint density at radius 2 is 2.25 bits per heavy atom. The lowest BCUT2D eigenvalue weighted by Gasteiger charge is -2.32. The molecule has 0 amide bonds. The van der Waals surface area contributed by atoms with Gasteiger partial charge >= 0.3 is 0 Å². The van der Waals surface area contributed by atoms with E-state index in [-0.39, 0.29) is 0 Å². The fraction of sp³-hybridized carbons (Fsp3) is 0.667. The second-order valence-corrected chi connectivity index (χ2v) is 5.39. The molecule has 90 valence electrons. The van der Waals surface area contributed by atoms with Gasteiger partial charge in [0.05, 0.1) is 18.8 Å². The van der Waals surface area contributed by atoms with Gasteiger partial charge in [-0.2, -0.15) is 0 Å². The normalized spacial score (nSPS) is 19.8. The Morgan fingerprint density at radius 3 is 2.94 bits per heavy atom. The number of aliphatic hydroxyl groups is 1. The molecule has 2 rings (SSSR count). The number of piperidine rings is 1. The summed E-state index contributed by atoms with van der Waals surface area (Å²) in [5.41, 5.74) is -0.597. The van der Waals surface area contributed by atoms with Crippen molar-refractivity contribution in [1.82, 2.24) is 5.32 Å². The van der Waals surface area contributed by atoms with Crippen molar-refractivity contribution in [2.45, 2.75) is 24.9 Å². The third-order valence-corrected chi connectivity index (χ3v) is 3.91. The van der Waals surface area contributed by atoms with Crippen LogP contribution in [0, 0.1) is 0 Å². The first-order valence-corrected chi connectivity index (χ1v) is 6.70. The van der Waals surface area contributed by atoms with Gasteiger partial charge in [0.15, 0.2) is 0 Å². The van der Waals surface area contributed by atoms with Gasteiger partial charge in [0.25, 0.3) is 0 Å². The summed E-state index contributed by atoms with van der Waals surface area (Å²) < 4.78 is 5.58. The molecule has 2 N–H and O–H groups in total. The highest BCUT2D eigenvalue weighted by atomic mass is 32.1. The smallest absolute Gasteiger partial charge is 0.0904 e. The van der Waals surface area contributed by atoms with Crippen LogP contribution in [-0.4, -0.2) is 37.0 Å². The van der Waals surface area contributed by atoms with Crippen LogP contribution in [0.3, 0.4) is 0 Å². The van der Waals surface area contributed by atoms with Crippen LogP contribution in [0.1, 0.15) is 17.7 Å². The fourth-order valence-electron chi connectivity index (χ4n) is 1.93. The van der Waals surface area contributed by atoms with Gasteiger partial charge in [0, 0.05) is 11.3 Å². The van der Waals surface area contributed by atoms with E-state index in [1.54, 1.807) is 11.3 Å². The minimum atomic E-state index is -0.597. The van der Waals surface area contributed by atoms with Crippen LogP contribution in [-0.2, 0) is 11.2 Å². The van der Waals surface area contributed by atoms with Gasteiger partial charge in [0.2, 0.25) is 0 Å². The molecule has 0 unspecified atom stereocenters. The summed E-state index contributed by atoms with van der Waals surface area (Å²) in [7, 11) is 0. The molecule has 3 nitrogen and oxygen atoms in total. The van der Waals surface area contributed by atoms with Crippen molar-refractivity contribution in [3.05, 3.63) is 22.4 Å². The number of nitrogens with one attached hydrogen (secondary N) is 1. The Hall–Kier alpha value is -0.420. The molecule has 1 aliphatic rings. The van der Waals surface area contributed by atoms with Crippen molar-refractivity contribution in [1.29, 1.82) is 0 Å². The first kappa shape index (κ1) is 12.0. The van der Waals surface area contributed by atoms with E-state index in [1.165, 1.54) is 4.88 Å². The summed E-state index contributed by atoms with van der Waals surface area (Å²) >= 11 is 1.76. The van der Waals surface area contributed by atoms with E-state index in [0.717, 1.165) is 32.4 Å². The molecule has 0 atom stereocenters. The van der Waals surface area contributed by atoms with Crippen LogP contribution >= 0.6 is 11.3 Å². The molecule has 1 aromatic rings. The molecular formula is C12H19NO2S. The summed E-state index contributed by atoms with van der Waals surface area (Å²) in [4.78, 5) is 1.34. The third kappa shape index (κ3) is 3.56. The molecule has 0 aromatic carbocycles. The number of thiophene rings is 1. The molecule has 16 heavy (non-hydrogen) atoms. The Kier molecular flexibility index (Phi) is 4.35. The summed E-state index contributed by atoms with van der Waals surface area (Å²) in [5.74, 6) is 0. The SMILES string of the molecule is OC1(COCCc2cccs2)CCNCC1. The average molecular weight is 241 g/mol. The molecule has 0 bridgehead atoms. The minimum absolute atomic E-state index is 0.472. The topological polar surface area (TPSA) is 41.5 Å². The summed E-state index contributed by atoms with van der Waals surface area (Å²) in [6.45, 7) is 2.96. The van der Waals surface area contributed by atoms with Crippen molar-refractivity contribution in [2.75, 3.05) is 26.3 Å². The molecule has 1 aliphatic heterocycles. The van der Waals surface area contributed by atoms with E-state index in [2.05, 4.69) is 22.8 Å². The second-order valence-electron chi connectivity index (χ2n) is 4.36. The highest BCUT2D eigenvalue weighted by Gasteiger charge is 2.28. The maximum Gasteiger partial charge on any atom is 0.0904 e. The van der Waals surface area contributed by atoms with Crippen LogP contribution in [0.4, 0.5) is 0 Å². The predicted molar refractivity (Wildman–Crippen MR) is 65.9 cm³/mol. The molecule has 0 saturated carbocycles. The van der Waals surface area contributed by atoms with Gasteiger partial charge in [0.1, 0.15) is 0 Å². The van der Waals surface area contributed by atoms with Gasteiger partial charge < -0.3 is 15.2 Å². The van der Waals surface area contributed by atoms with Crippen LogP contribution < -0.4 is 5.32 Å². The highest BCUT2D eigenvalue weighted by Crippen LogP contribution is 2.18. The lowest BCUT2D eigenvalue weighted by Crippen LogP contribution is -2.45. The highest BCUT2D eigenvalue weighted by molar-refractivity contribution is 7.09. The fourth-order valence-corrected chi connectivity index (χ4v) is 2.62. The zero-order valence-electron chi connectivity index (χ0n) is 9.45. The molecule has 1 saturated heterocycles. The average Bonchev–Trinajstić information content (AvgIpc) is 2.78. The number of hydrogen-bond acceptors (Lipinski definition) is 4. The van der Waals surface area contributed by atoms with Gasteiger partial charge in [-0.25, -0.2) is 0 Å². The van der Waals surface area contributed by atoms with E-state index in [0.29, 0.717) is 13.2 Å².